The number of nitrogens with zero attached hydrogens (tertiary/aromatic N) is 2. The lowest BCUT2D eigenvalue weighted by atomic mass is 10.0. The second kappa shape index (κ2) is 5.82. The molecular weight excluding hydrogens is 230 g/mol. The highest BCUT2D eigenvalue weighted by atomic mass is 16.5. The Kier molecular flexibility index (Phi) is 4.15. The van der Waals surface area contributed by atoms with Crippen LogP contribution in [0.25, 0.3) is 0 Å². The van der Waals surface area contributed by atoms with Crippen LogP contribution in [0, 0.1) is 5.21 Å². The minimum Gasteiger partial charge on any atom is -0.619 e. The van der Waals surface area contributed by atoms with Crippen molar-refractivity contribution < 1.29 is 9.52 Å². The molecule has 0 bridgehead atoms. The van der Waals surface area contributed by atoms with Crippen LogP contribution in [0.3, 0.4) is 0 Å². The molecule has 1 aliphatic rings. The molecule has 0 radical (unpaired) electrons. The van der Waals surface area contributed by atoms with Gasteiger partial charge in [-0.1, -0.05) is 6.92 Å². The number of aromatic nitrogens is 1. The van der Waals surface area contributed by atoms with Gasteiger partial charge in [0.05, 0.1) is 0 Å². The van der Waals surface area contributed by atoms with E-state index in [9.17, 15) is 10.0 Å². The summed E-state index contributed by atoms with van der Waals surface area (Å²) in [6.07, 6.45) is 4.63. The van der Waals surface area contributed by atoms with Crippen LogP contribution in [0.2, 0.25) is 0 Å². The third-order valence-corrected chi connectivity index (χ3v) is 3.41. The number of hydrogen-bond acceptors (Lipinski definition) is 3. The molecule has 98 valence electrons. The zero-order valence-corrected chi connectivity index (χ0v) is 10.6. The Bertz CT molecular complexity index is 414. The molecule has 0 atom stereocenters. The molecule has 5 nitrogen and oxygen atoms in total. The van der Waals surface area contributed by atoms with E-state index in [2.05, 4.69) is 17.1 Å². The van der Waals surface area contributed by atoms with Crippen molar-refractivity contribution in [2.24, 2.45) is 0 Å². The maximum absolute atomic E-state index is 11.9. The Morgan fingerprint density at radius 3 is 2.89 bits per heavy atom. The Morgan fingerprint density at radius 2 is 2.28 bits per heavy atom. The van der Waals surface area contributed by atoms with E-state index in [-0.39, 0.29) is 11.9 Å². The summed E-state index contributed by atoms with van der Waals surface area (Å²) in [5, 5.41) is 14.1. The van der Waals surface area contributed by atoms with Crippen LogP contribution in [0.1, 0.15) is 30.1 Å². The number of likely N-dealkylation sites (tertiary alicyclic amines) is 1. The SMILES string of the molecule is CCN1CCC(NC(=O)c2ccc[n+]([O-])c2)CC1. The fourth-order valence-corrected chi connectivity index (χ4v) is 2.25. The van der Waals surface area contributed by atoms with Crippen molar-refractivity contribution in [1.29, 1.82) is 0 Å². The second-order valence-corrected chi connectivity index (χ2v) is 4.63. The highest BCUT2D eigenvalue weighted by molar-refractivity contribution is 5.93. The number of carbonyl (C=O) groups excluding carboxylic acids is 1. The summed E-state index contributed by atoms with van der Waals surface area (Å²) in [6, 6.07) is 3.47. The lowest BCUT2D eigenvalue weighted by Gasteiger charge is -2.31. The molecular formula is C13H19N3O2. The number of rotatable bonds is 3. The quantitative estimate of drug-likeness (QED) is 0.628. The van der Waals surface area contributed by atoms with Gasteiger partial charge >= 0.3 is 0 Å². The maximum atomic E-state index is 11.9. The first-order chi connectivity index (χ1) is 8.69. The predicted octanol–water partition coefficient (Wildman–Crippen LogP) is 0.534. The Morgan fingerprint density at radius 1 is 1.56 bits per heavy atom. The zero-order valence-electron chi connectivity index (χ0n) is 10.6. The van der Waals surface area contributed by atoms with Gasteiger partial charge in [0.15, 0.2) is 12.4 Å². The van der Waals surface area contributed by atoms with E-state index in [0.29, 0.717) is 10.3 Å². The summed E-state index contributed by atoms with van der Waals surface area (Å²) in [7, 11) is 0. The molecule has 1 aromatic rings. The Balaban J connectivity index is 1.89. The molecule has 0 unspecified atom stereocenters. The maximum Gasteiger partial charge on any atom is 0.257 e. The largest absolute Gasteiger partial charge is 0.619 e. The number of pyridine rings is 1. The van der Waals surface area contributed by atoms with E-state index in [1.54, 1.807) is 12.1 Å². The molecule has 1 fully saturated rings. The number of amides is 1. The van der Waals surface area contributed by atoms with E-state index >= 15 is 0 Å². The van der Waals surface area contributed by atoms with Crippen molar-refractivity contribution >= 4 is 5.91 Å². The van der Waals surface area contributed by atoms with Crippen LogP contribution in [0.4, 0.5) is 0 Å². The van der Waals surface area contributed by atoms with Gasteiger partial charge in [0, 0.05) is 25.2 Å². The standard InChI is InChI=1S/C13H19N3O2/c1-2-15-8-5-12(6-9-15)14-13(17)11-4-3-7-16(18)10-11/h3-4,7,10,12H,2,5-6,8-9H2,1H3,(H,14,17). The minimum absolute atomic E-state index is 0.157. The molecule has 1 aliphatic heterocycles. The second-order valence-electron chi connectivity index (χ2n) is 4.63. The fraction of sp³-hybridized carbons (Fsp3) is 0.538. The third kappa shape index (κ3) is 3.20. The normalized spacial score (nSPS) is 17.6. The van der Waals surface area contributed by atoms with Crippen molar-refractivity contribution in [1.82, 2.24) is 10.2 Å². The van der Waals surface area contributed by atoms with Crippen LogP contribution in [0.15, 0.2) is 24.5 Å². The van der Waals surface area contributed by atoms with Crippen LogP contribution in [-0.4, -0.2) is 36.5 Å². The van der Waals surface area contributed by atoms with Gasteiger partial charge in [-0.05, 0) is 25.5 Å². The van der Waals surface area contributed by atoms with Gasteiger partial charge in [-0.2, -0.15) is 4.73 Å². The van der Waals surface area contributed by atoms with Crippen molar-refractivity contribution in [3.63, 3.8) is 0 Å². The molecule has 0 saturated carbocycles. The number of piperidine rings is 1. The average molecular weight is 249 g/mol. The molecule has 0 aromatic carbocycles. The van der Waals surface area contributed by atoms with E-state index < -0.39 is 0 Å². The molecule has 0 spiro atoms. The predicted molar refractivity (Wildman–Crippen MR) is 68.0 cm³/mol. The molecule has 1 N–H and O–H groups in total. The summed E-state index contributed by atoms with van der Waals surface area (Å²) in [4.78, 5) is 14.3. The van der Waals surface area contributed by atoms with Gasteiger partial charge < -0.3 is 15.4 Å². The molecule has 2 heterocycles. The lowest BCUT2D eigenvalue weighted by Crippen LogP contribution is -2.44. The van der Waals surface area contributed by atoms with Gasteiger partial charge in [0.2, 0.25) is 0 Å². The van der Waals surface area contributed by atoms with Crippen molar-refractivity contribution in [3.05, 3.63) is 35.3 Å². The van der Waals surface area contributed by atoms with E-state index in [0.717, 1.165) is 32.5 Å². The number of carbonyl (C=O) groups is 1. The van der Waals surface area contributed by atoms with E-state index in [4.69, 9.17) is 0 Å². The first-order valence-corrected chi connectivity index (χ1v) is 6.41. The summed E-state index contributed by atoms with van der Waals surface area (Å²) in [6.45, 7) is 5.26. The summed E-state index contributed by atoms with van der Waals surface area (Å²) in [5.74, 6) is -0.157. The van der Waals surface area contributed by atoms with Gasteiger partial charge in [0.25, 0.3) is 5.91 Å². The summed E-state index contributed by atoms with van der Waals surface area (Å²) in [5.41, 5.74) is 0.422. The highest BCUT2D eigenvalue weighted by Crippen LogP contribution is 2.10. The molecule has 1 amide bonds. The van der Waals surface area contributed by atoms with Gasteiger partial charge in [0.1, 0.15) is 5.56 Å². The molecule has 1 saturated heterocycles. The van der Waals surface area contributed by atoms with Crippen LogP contribution in [0.5, 0.6) is 0 Å². The molecule has 18 heavy (non-hydrogen) atoms. The molecule has 1 aromatic heterocycles. The van der Waals surface area contributed by atoms with Gasteiger partial charge in [-0.25, -0.2) is 0 Å². The lowest BCUT2D eigenvalue weighted by molar-refractivity contribution is -0.605. The Hall–Kier alpha value is -1.62. The van der Waals surface area contributed by atoms with E-state index in [1.807, 2.05) is 0 Å². The van der Waals surface area contributed by atoms with Crippen LogP contribution in [-0.2, 0) is 0 Å². The highest BCUT2D eigenvalue weighted by Gasteiger charge is 2.20. The van der Waals surface area contributed by atoms with E-state index in [1.165, 1.54) is 12.4 Å². The first-order valence-electron chi connectivity index (χ1n) is 6.41. The first kappa shape index (κ1) is 12.8. The molecule has 5 heteroatoms. The number of nitrogens with one attached hydrogen (secondary N) is 1. The van der Waals surface area contributed by atoms with Crippen LogP contribution >= 0.6 is 0 Å². The van der Waals surface area contributed by atoms with Crippen molar-refractivity contribution in [2.75, 3.05) is 19.6 Å². The summed E-state index contributed by atoms with van der Waals surface area (Å²) < 4.78 is 0.647. The summed E-state index contributed by atoms with van der Waals surface area (Å²) >= 11 is 0. The zero-order chi connectivity index (χ0) is 13.0. The monoisotopic (exact) mass is 249 g/mol. The third-order valence-electron chi connectivity index (χ3n) is 3.41. The number of hydrogen-bond donors (Lipinski definition) is 1. The van der Waals surface area contributed by atoms with Crippen molar-refractivity contribution in [2.45, 2.75) is 25.8 Å². The molecule has 0 aliphatic carbocycles. The van der Waals surface area contributed by atoms with Crippen LogP contribution < -0.4 is 10.0 Å². The minimum atomic E-state index is -0.157. The smallest absolute Gasteiger partial charge is 0.257 e. The Labute approximate surface area is 107 Å². The molecule has 2 rings (SSSR count). The van der Waals surface area contributed by atoms with Gasteiger partial charge in [-0.3, -0.25) is 4.79 Å². The van der Waals surface area contributed by atoms with Crippen molar-refractivity contribution in [3.8, 4) is 0 Å². The topological polar surface area (TPSA) is 59.3 Å². The fourth-order valence-electron chi connectivity index (χ4n) is 2.25. The van der Waals surface area contributed by atoms with Gasteiger partial charge in [-0.15, -0.1) is 0 Å². The average Bonchev–Trinajstić information content (AvgIpc) is 2.39.